The molecular formula is C17H36N2O. The summed E-state index contributed by atoms with van der Waals surface area (Å²) in [5.74, 6) is 1.23. The molecule has 0 N–H and O–H groups in total. The third-order valence-electron chi connectivity index (χ3n) is 4.22. The van der Waals surface area contributed by atoms with Crippen LogP contribution in [0.4, 0.5) is 0 Å². The molecule has 0 aromatic rings. The van der Waals surface area contributed by atoms with Crippen LogP contribution in [0.2, 0.25) is 0 Å². The number of hydrogen-bond donors (Lipinski definition) is 0. The Morgan fingerprint density at radius 1 is 0.850 bits per heavy atom. The maximum absolute atomic E-state index is 10.4. The van der Waals surface area contributed by atoms with Gasteiger partial charge in [-0.3, -0.25) is 0 Å². The maximum atomic E-state index is 10.4. The molecule has 0 amide bonds. The first-order valence-electron chi connectivity index (χ1n) is 8.44. The summed E-state index contributed by atoms with van der Waals surface area (Å²) in [6.45, 7) is 11.2. The van der Waals surface area contributed by atoms with E-state index in [0.717, 1.165) is 25.0 Å². The van der Waals surface area contributed by atoms with Crippen LogP contribution in [0, 0.1) is 11.8 Å². The lowest BCUT2D eigenvalue weighted by molar-refractivity contribution is -0.111. The zero-order chi connectivity index (χ0) is 15.4. The molecule has 0 aromatic carbocycles. The molecule has 2 aliphatic rings. The molecule has 3 nitrogen and oxygen atoms in total. The molecular weight excluding hydrogens is 248 g/mol. The SMILES string of the molecule is CC.CC1CCCC(C=O)CC1.CN1CCN(C)CC1. The number of aldehydes is 1. The number of piperazine rings is 1. The topological polar surface area (TPSA) is 23.6 Å². The first kappa shape index (κ1) is 19.6. The molecule has 2 atom stereocenters. The quantitative estimate of drug-likeness (QED) is 0.545. The normalized spacial score (nSPS) is 28.2. The van der Waals surface area contributed by atoms with Gasteiger partial charge in [0, 0.05) is 32.1 Å². The molecule has 3 heteroatoms. The highest BCUT2D eigenvalue weighted by Gasteiger charge is 2.14. The summed E-state index contributed by atoms with van der Waals surface area (Å²) in [5.41, 5.74) is 0. The Labute approximate surface area is 126 Å². The van der Waals surface area contributed by atoms with Crippen LogP contribution in [0.5, 0.6) is 0 Å². The van der Waals surface area contributed by atoms with E-state index in [-0.39, 0.29) is 0 Å². The Kier molecular flexibility index (Phi) is 12.1. The molecule has 1 aliphatic carbocycles. The van der Waals surface area contributed by atoms with Crippen LogP contribution < -0.4 is 0 Å². The second-order valence-corrected chi connectivity index (χ2v) is 6.12. The summed E-state index contributed by atoms with van der Waals surface area (Å²) in [7, 11) is 4.35. The van der Waals surface area contributed by atoms with Gasteiger partial charge in [-0.05, 0) is 32.9 Å². The molecule has 0 radical (unpaired) electrons. The lowest BCUT2D eigenvalue weighted by Gasteiger charge is -2.28. The van der Waals surface area contributed by atoms with Crippen LogP contribution in [0.15, 0.2) is 0 Å². The minimum Gasteiger partial charge on any atom is -0.304 e. The van der Waals surface area contributed by atoms with Gasteiger partial charge in [0.25, 0.3) is 0 Å². The van der Waals surface area contributed by atoms with E-state index in [1.54, 1.807) is 0 Å². The fourth-order valence-corrected chi connectivity index (χ4v) is 2.56. The van der Waals surface area contributed by atoms with Crippen LogP contribution in [-0.2, 0) is 4.79 Å². The second-order valence-electron chi connectivity index (χ2n) is 6.12. The van der Waals surface area contributed by atoms with Crippen LogP contribution in [-0.4, -0.2) is 56.4 Å². The molecule has 2 unspecified atom stereocenters. The van der Waals surface area contributed by atoms with E-state index in [0.29, 0.717) is 5.92 Å². The average Bonchev–Trinajstić information content (AvgIpc) is 2.69. The Hall–Kier alpha value is -0.410. The molecule has 2 fully saturated rings. The maximum Gasteiger partial charge on any atom is 0.123 e. The van der Waals surface area contributed by atoms with Crippen LogP contribution >= 0.6 is 0 Å². The summed E-state index contributed by atoms with van der Waals surface area (Å²) in [5, 5.41) is 0. The van der Waals surface area contributed by atoms with Gasteiger partial charge in [-0.2, -0.15) is 0 Å². The van der Waals surface area contributed by atoms with E-state index in [1.165, 1.54) is 45.4 Å². The fourth-order valence-electron chi connectivity index (χ4n) is 2.56. The van der Waals surface area contributed by atoms with Crippen LogP contribution in [0.3, 0.4) is 0 Å². The molecule has 1 saturated heterocycles. The molecule has 0 bridgehead atoms. The largest absolute Gasteiger partial charge is 0.304 e. The van der Waals surface area contributed by atoms with Gasteiger partial charge in [0.1, 0.15) is 6.29 Å². The standard InChI is InChI=1S/C9H16O.C6H14N2.C2H6/c1-8-3-2-4-9(7-10)6-5-8;1-7-3-5-8(2)6-4-7;1-2/h7-9H,2-6H2,1H3;3-6H2,1-2H3;1-2H3. The van der Waals surface area contributed by atoms with Gasteiger partial charge >= 0.3 is 0 Å². The smallest absolute Gasteiger partial charge is 0.123 e. The molecule has 20 heavy (non-hydrogen) atoms. The van der Waals surface area contributed by atoms with E-state index in [9.17, 15) is 4.79 Å². The van der Waals surface area contributed by atoms with Gasteiger partial charge < -0.3 is 14.6 Å². The molecule has 0 aromatic heterocycles. The summed E-state index contributed by atoms with van der Waals surface area (Å²) in [4.78, 5) is 15.1. The number of rotatable bonds is 1. The highest BCUT2D eigenvalue weighted by atomic mass is 16.1. The Morgan fingerprint density at radius 3 is 1.80 bits per heavy atom. The third-order valence-corrected chi connectivity index (χ3v) is 4.22. The number of carbonyl (C=O) groups is 1. The predicted octanol–water partition coefficient (Wildman–Crippen LogP) is 3.29. The van der Waals surface area contributed by atoms with Crippen molar-refractivity contribution >= 4 is 6.29 Å². The molecule has 1 saturated carbocycles. The van der Waals surface area contributed by atoms with Crippen molar-refractivity contribution in [3.8, 4) is 0 Å². The van der Waals surface area contributed by atoms with Crippen molar-refractivity contribution in [1.29, 1.82) is 0 Å². The Morgan fingerprint density at radius 2 is 1.35 bits per heavy atom. The van der Waals surface area contributed by atoms with Crippen molar-refractivity contribution in [2.75, 3.05) is 40.3 Å². The van der Waals surface area contributed by atoms with Crippen LogP contribution in [0.1, 0.15) is 52.9 Å². The van der Waals surface area contributed by atoms with Gasteiger partial charge in [-0.25, -0.2) is 0 Å². The molecule has 0 spiro atoms. The van der Waals surface area contributed by atoms with E-state index in [4.69, 9.17) is 0 Å². The lowest BCUT2D eigenvalue weighted by atomic mass is 10.0. The number of likely N-dealkylation sites (N-methyl/N-ethyl adjacent to an activating group) is 2. The number of nitrogens with zero attached hydrogens (tertiary/aromatic N) is 2. The highest BCUT2D eigenvalue weighted by molar-refractivity contribution is 5.53. The van der Waals surface area contributed by atoms with Crippen molar-refractivity contribution < 1.29 is 4.79 Å². The molecule has 1 heterocycles. The summed E-state index contributed by atoms with van der Waals surface area (Å²) >= 11 is 0. The van der Waals surface area contributed by atoms with Gasteiger partial charge in [0.05, 0.1) is 0 Å². The first-order valence-corrected chi connectivity index (χ1v) is 8.44. The summed E-state index contributed by atoms with van der Waals surface area (Å²) < 4.78 is 0. The minimum atomic E-state index is 0.380. The zero-order valence-electron chi connectivity index (χ0n) is 14.4. The Balaban J connectivity index is 0.000000327. The van der Waals surface area contributed by atoms with Gasteiger partial charge in [0.2, 0.25) is 0 Å². The van der Waals surface area contributed by atoms with E-state index >= 15 is 0 Å². The van der Waals surface area contributed by atoms with Crippen LogP contribution in [0.25, 0.3) is 0 Å². The van der Waals surface area contributed by atoms with Gasteiger partial charge in [-0.1, -0.05) is 40.0 Å². The number of carbonyl (C=O) groups excluding carboxylic acids is 1. The van der Waals surface area contributed by atoms with E-state index < -0.39 is 0 Å². The predicted molar refractivity (Wildman–Crippen MR) is 88.1 cm³/mol. The summed E-state index contributed by atoms with van der Waals surface area (Å²) in [6, 6.07) is 0. The second kappa shape index (κ2) is 12.3. The highest BCUT2D eigenvalue weighted by Crippen LogP contribution is 2.25. The zero-order valence-corrected chi connectivity index (χ0v) is 14.4. The van der Waals surface area contributed by atoms with Gasteiger partial charge in [-0.15, -0.1) is 0 Å². The number of hydrogen-bond acceptors (Lipinski definition) is 3. The van der Waals surface area contributed by atoms with Gasteiger partial charge in [0.15, 0.2) is 0 Å². The van der Waals surface area contributed by atoms with Crippen molar-refractivity contribution in [3.05, 3.63) is 0 Å². The van der Waals surface area contributed by atoms with E-state index in [1.807, 2.05) is 13.8 Å². The Bertz CT molecular complexity index is 215. The van der Waals surface area contributed by atoms with Crippen molar-refractivity contribution in [3.63, 3.8) is 0 Å². The monoisotopic (exact) mass is 284 g/mol. The fraction of sp³-hybridized carbons (Fsp3) is 0.941. The molecule has 2 rings (SSSR count). The molecule has 120 valence electrons. The van der Waals surface area contributed by atoms with Crippen molar-refractivity contribution in [2.45, 2.75) is 52.9 Å². The lowest BCUT2D eigenvalue weighted by Crippen LogP contribution is -2.42. The van der Waals surface area contributed by atoms with Crippen molar-refractivity contribution in [1.82, 2.24) is 9.80 Å². The summed E-state index contributed by atoms with van der Waals surface area (Å²) in [6.07, 6.45) is 7.23. The first-order chi connectivity index (χ1) is 9.61. The molecule has 1 aliphatic heterocycles. The third kappa shape index (κ3) is 9.49. The average molecular weight is 284 g/mol. The van der Waals surface area contributed by atoms with Crippen molar-refractivity contribution in [2.24, 2.45) is 11.8 Å². The van der Waals surface area contributed by atoms with E-state index in [2.05, 4.69) is 30.8 Å². The minimum absolute atomic E-state index is 0.380.